The zero-order chi connectivity index (χ0) is 20.9. The van der Waals surface area contributed by atoms with E-state index in [4.69, 9.17) is 4.74 Å². The normalized spacial score (nSPS) is 14.3. The number of benzene rings is 3. The quantitative estimate of drug-likeness (QED) is 0.572. The first-order valence-electron chi connectivity index (χ1n) is 9.97. The molecule has 2 N–H and O–H groups in total. The average molecular weight is 399 g/mol. The van der Waals surface area contributed by atoms with Crippen LogP contribution in [0.2, 0.25) is 0 Å². The predicted molar refractivity (Wildman–Crippen MR) is 122 cm³/mol. The van der Waals surface area contributed by atoms with Crippen LogP contribution in [0, 0.1) is 0 Å². The summed E-state index contributed by atoms with van der Waals surface area (Å²) in [6, 6.07) is 25.5. The maximum atomic E-state index is 12.8. The minimum Gasteiger partial charge on any atom is -0.492 e. The molecule has 30 heavy (non-hydrogen) atoms. The van der Waals surface area contributed by atoms with Gasteiger partial charge in [0.25, 0.3) is 5.91 Å². The summed E-state index contributed by atoms with van der Waals surface area (Å²) >= 11 is 0. The average Bonchev–Trinajstić information content (AvgIpc) is 3.09. The third-order valence-corrected chi connectivity index (χ3v) is 4.92. The van der Waals surface area contributed by atoms with E-state index in [-0.39, 0.29) is 5.91 Å². The minimum atomic E-state index is -0.105. The second kappa shape index (κ2) is 8.84. The van der Waals surface area contributed by atoms with Gasteiger partial charge in [-0.25, -0.2) is 0 Å². The number of rotatable bonds is 7. The molecule has 4 rings (SSSR count). The summed E-state index contributed by atoms with van der Waals surface area (Å²) in [5, 5.41) is 6.43. The van der Waals surface area contributed by atoms with Gasteiger partial charge in [0.15, 0.2) is 0 Å². The lowest BCUT2D eigenvalue weighted by atomic mass is 10.00. The van der Waals surface area contributed by atoms with E-state index in [0.717, 1.165) is 40.5 Å². The van der Waals surface area contributed by atoms with Crippen LogP contribution in [0.25, 0.3) is 11.3 Å². The molecule has 1 amide bonds. The lowest BCUT2D eigenvalue weighted by Gasteiger charge is -2.15. The van der Waals surface area contributed by atoms with E-state index in [0.29, 0.717) is 12.2 Å². The van der Waals surface area contributed by atoms with Crippen LogP contribution in [-0.2, 0) is 4.79 Å². The Labute approximate surface area is 177 Å². The Morgan fingerprint density at radius 2 is 1.63 bits per heavy atom. The van der Waals surface area contributed by atoms with Crippen molar-refractivity contribution in [3.8, 4) is 5.75 Å². The van der Waals surface area contributed by atoms with E-state index >= 15 is 0 Å². The monoisotopic (exact) mass is 399 g/mol. The molecule has 0 atom stereocenters. The molecule has 0 radical (unpaired) electrons. The zero-order valence-corrected chi connectivity index (χ0v) is 17.2. The highest BCUT2D eigenvalue weighted by Crippen LogP contribution is 2.37. The number of hydrogen-bond acceptors (Lipinski definition) is 4. The summed E-state index contributed by atoms with van der Waals surface area (Å²) in [6.07, 6.45) is 0. The van der Waals surface area contributed by atoms with E-state index in [2.05, 4.69) is 15.5 Å². The first-order chi connectivity index (χ1) is 14.6. The Kier molecular flexibility index (Phi) is 5.82. The Morgan fingerprint density at radius 1 is 0.933 bits per heavy atom. The molecule has 0 fully saturated rings. The van der Waals surface area contributed by atoms with Gasteiger partial charge >= 0.3 is 0 Å². The van der Waals surface area contributed by atoms with E-state index in [1.54, 1.807) is 0 Å². The highest BCUT2D eigenvalue weighted by molar-refractivity contribution is 6.37. The van der Waals surface area contributed by atoms with Gasteiger partial charge in [-0.05, 0) is 50.0 Å². The van der Waals surface area contributed by atoms with Crippen LogP contribution in [-0.4, -0.2) is 38.1 Å². The zero-order valence-electron chi connectivity index (χ0n) is 17.2. The van der Waals surface area contributed by atoms with Crippen molar-refractivity contribution in [3.05, 3.63) is 90.0 Å². The van der Waals surface area contributed by atoms with Crippen LogP contribution in [0.4, 0.5) is 11.4 Å². The van der Waals surface area contributed by atoms with Gasteiger partial charge in [0.2, 0.25) is 0 Å². The predicted octanol–water partition coefficient (Wildman–Crippen LogP) is 4.56. The number of anilines is 2. The summed E-state index contributed by atoms with van der Waals surface area (Å²) in [5.74, 6) is 0.714. The number of fused-ring (bicyclic) bond motifs is 1. The van der Waals surface area contributed by atoms with Gasteiger partial charge in [0.1, 0.15) is 12.4 Å². The molecule has 152 valence electrons. The van der Waals surface area contributed by atoms with Crippen LogP contribution < -0.4 is 15.4 Å². The van der Waals surface area contributed by atoms with Gasteiger partial charge in [-0.15, -0.1) is 0 Å². The van der Waals surface area contributed by atoms with Crippen molar-refractivity contribution >= 4 is 28.6 Å². The van der Waals surface area contributed by atoms with Gasteiger partial charge in [-0.2, -0.15) is 0 Å². The van der Waals surface area contributed by atoms with Gasteiger partial charge in [0.05, 0.1) is 11.3 Å². The lowest BCUT2D eigenvalue weighted by molar-refractivity contribution is -0.110. The number of carbonyl (C=O) groups excluding carboxylic acids is 1. The fourth-order valence-corrected chi connectivity index (χ4v) is 3.37. The molecular weight excluding hydrogens is 374 g/mol. The number of nitrogens with zero attached hydrogens (tertiary/aromatic N) is 1. The van der Waals surface area contributed by atoms with Gasteiger partial charge in [-0.1, -0.05) is 48.5 Å². The Balaban J connectivity index is 1.65. The van der Waals surface area contributed by atoms with Crippen molar-refractivity contribution in [1.29, 1.82) is 0 Å². The number of para-hydroxylation sites is 1. The molecule has 0 aromatic heterocycles. The SMILES string of the molecule is CN(C)CCOc1ccc(N/C(=C2\C(=O)Nc3ccccc32)c2ccccc2)cc1. The second-order valence-electron chi connectivity index (χ2n) is 7.42. The standard InChI is InChI=1S/C25H25N3O2/c1-28(2)16-17-30-20-14-12-19(13-15-20)26-24(18-8-4-3-5-9-18)23-21-10-6-7-11-22(21)27-25(23)29/h3-15,26H,16-17H2,1-2H3,(H,27,29)/b24-23-. The largest absolute Gasteiger partial charge is 0.492 e. The third kappa shape index (κ3) is 4.36. The summed E-state index contributed by atoms with van der Waals surface area (Å²) < 4.78 is 5.78. The van der Waals surface area contributed by atoms with Crippen LogP contribution >= 0.6 is 0 Å². The highest BCUT2D eigenvalue weighted by Gasteiger charge is 2.27. The topological polar surface area (TPSA) is 53.6 Å². The van der Waals surface area contributed by atoms with E-state index in [9.17, 15) is 4.79 Å². The van der Waals surface area contributed by atoms with E-state index < -0.39 is 0 Å². The fourth-order valence-electron chi connectivity index (χ4n) is 3.37. The number of carbonyl (C=O) groups is 1. The molecule has 0 saturated carbocycles. The van der Waals surface area contributed by atoms with E-state index in [1.807, 2.05) is 93.0 Å². The van der Waals surface area contributed by atoms with E-state index in [1.165, 1.54) is 0 Å². The number of nitrogens with one attached hydrogen (secondary N) is 2. The third-order valence-electron chi connectivity index (χ3n) is 4.92. The summed E-state index contributed by atoms with van der Waals surface area (Å²) in [5.41, 5.74) is 4.99. The number of ether oxygens (including phenoxy) is 1. The molecule has 0 aliphatic carbocycles. The highest BCUT2D eigenvalue weighted by atomic mass is 16.5. The van der Waals surface area contributed by atoms with Crippen molar-refractivity contribution in [3.63, 3.8) is 0 Å². The maximum absolute atomic E-state index is 12.8. The first kappa shape index (κ1) is 19.7. The van der Waals surface area contributed by atoms with Gasteiger partial charge in [0, 0.05) is 23.5 Å². The van der Waals surface area contributed by atoms with Crippen molar-refractivity contribution in [1.82, 2.24) is 4.90 Å². The van der Waals surface area contributed by atoms with Crippen LogP contribution in [0.3, 0.4) is 0 Å². The van der Waals surface area contributed by atoms with Crippen LogP contribution in [0.5, 0.6) is 5.75 Å². The van der Waals surface area contributed by atoms with Crippen LogP contribution in [0.1, 0.15) is 11.1 Å². The van der Waals surface area contributed by atoms with Crippen molar-refractivity contribution in [2.45, 2.75) is 0 Å². The molecule has 5 nitrogen and oxygen atoms in total. The Hall–Kier alpha value is -3.57. The number of hydrogen-bond donors (Lipinski definition) is 2. The smallest absolute Gasteiger partial charge is 0.258 e. The van der Waals surface area contributed by atoms with Crippen molar-refractivity contribution < 1.29 is 9.53 Å². The molecule has 0 spiro atoms. The molecular formula is C25H25N3O2. The molecule has 3 aromatic carbocycles. The molecule has 0 bridgehead atoms. The van der Waals surface area contributed by atoms with Gasteiger partial charge < -0.3 is 20.3 Å². The lowest BCUT2D eigenvalue weighted by Crippen LogP contribution is -2.19. The molecule has 3 aromatic rings. The first-order valence-corrected chi connectivity index (χ1v) is 9.97. The summed E-state index contributed by atoms with van der Waals surface area (Å²) in [6.45, 7) is 1.49. The molecule has 0 unspecified atom stereocenters. The number of amides is 1. The number of likely N-dealkylation sites (N-methyl/N-ethyl adjacent to an activating group) is 1. The molecule has 1 heterocycles. The summed E-state index contributed by atoms with van der Waals surface area (Å²) in [7, 11) is 4.04. The molecule has 5 heteroatoms. The van der Waals surface area contributed by atoms with Crippen molar-refractivity contribution in [2.24, 2.45) is 0 Å². The fraction of sp³-hybridized carbons (Fsp3) is 0.160. The molecule has 1 aliphatic rings. The van der Waals surface area contributed by atoms with Crippen LogP contribution in [0.15, 0.2) is 78.9 Å². The second-order valence-corrected chi connectivity index (χ2v) is 7.42. The molecule has 0 saturated heterocycles. The Bertz CT molecular complexity index is 1060. The Morgan fingerprint density at radius 3 is 2.37 bits per heavy atom. The minimum absolute atomic E-state index is 0.105. The maximum Gasteiger partial charge on any atom is 0.258 e. The van der Waals surface area contributed by atoms with Gasteiger partial charge in [-0.3, -0.25) is 4.79 Å². The van der Waals surface area contributed by atoms with Crippen molar-refractivity contribution in [2.75, 3.05) is 37.9 Å². The molecule has 1 aliphatic heterocycles. The summed E-state index contributed by atoms with van der Waals surface area (Å²) in [4.78, 5) is 14.9.